The summed E-state index contributed by atoms with van der Waals surface area (Å²) in [6, 6.07) is 8.54. The number of rotatable bonds is 2. The van der Waals surface area contributed by atoms with Gasteiger partial charge >= 0.3 is 0 Å². The Bertz CT molecular complexity index is 1000. The molecule has 3 aromatic rings. The van der Waals surface area contributed by atoms with Crippen LogP contribution >= 0.6 is 11.3 Å². The first kappa shape index (κ1) is 15.0. The molecule has 25 heavy (non-hydrogen) atoms. The van der Waals surface area contributed by atoms with Gasteiger partial charge in [-0.3, -0.25) is 5.43 Å². The van der Waals surface area contributed by atoms with Crippen LogP contribution in [0.25, 0.3) is 10.2 Å². The fourth-order valence-corrected chi connectivity index (χ4v) is 5.30. The average molecular weight is 348 g/mol. The Kier molecular flexibility index (Phi) is 3.55. The molecule has 0 atom stereocenters. The van der Waals surface area contributed by atoms with E-state index in [2.05, 4.69) is 39.7 Å². The van der Waals surface area contributed by atoms with Crippen LogP contribution < -0.4 is 5.43 Å². The molecule has 0 aliphatic heterocycles. The van der Waals surface area contributed by atoms with E-state index in [1.54, 1.807) is 0 Å². The number of anilines is 1. The van der Waals surface area contributed by atoms with E-state index in [0.717, 1.165) is 41.4 Å². The van der Waals surface area contributed by atoms with Crippen LogP contribution in [0.5, 0.6) is 0 Å². The van der Waals surface area contributed by atoms with Gasteiger partial charge in [0, 0.05) is 10.4 Å². The molecular formula is C20H20N4S. The van der Waals surface area contributed by atoms with Gasteiger partial charge in [-0.25, -0.2) is 9.97 Å². The number of aromatic nitrogens is 2. The molecule has 2 aliphatic rings. The summed E-state index contributed by atoms with van der Waals surface area (Å²) in [5.74, 6) is 1.68. The predicted molar refractivity (Wildman–Crippen MR) is 104 cm³/mol. The maximum absolute atomic E-state index is 4.74. The Balaban J connectivity index is 1.57. The van der Waals surface area contributed by atoms with Gasteiger partial charge in [0.25, 0.3) is 0 Å². The maximum atomic E-state index is 4.74. The zero-order valence-electron chi connectivity index (χ0n) is 14.3. The lowest BCUT2D eigenvalue weighted by Crippen LogP contribution is -2.04. The quantitative estimate of drug-likeness (QED) is 0.686. The number of thiophene rings is 1. The van der Waals surface area contributed by atoms with Crippen molar-refractivity contribution in [2.45, 2.75) is 45.4 Å². The van der Waals surface area contributed by atoms with E-state index in [-0.39, 0.29) is 0 Å². The molecular weight excluding hydrogens is 328 g/mol. The molecule has 2 aliphatic carbocycles. The molecule has 0 unspecified atom stereocenters. The third-order valence-electron chi connectivity index (χ3n) is 5.18. The topological polar surface area (TPSA) is 50.2 Å². The Morgan fingerprint density at radius 3 is 2.88 bits per heavy atom. The van der Waals surface area contributed by atoms with Gasteiger partial charge in [0.1, 0.15) is 10.7 Å². The van der Waals surface area contributed by atoms with Crippen molar-refractivity contribution in [3.05, 3.63) is 51.7 Å². The number of nitrogens with one attached hydrogen (secondary N) is 1. The fraction of sp³-hybridized carbons (Fsp3) is 0.350. The Hall–Kier alpha value is -2.27. The molecule has 0 saturated heterocycles. The minimum absolute atomic E-state index is 0.806. The van der Waals surface area contributed by atoms with Crippen molar-refractivity contribution >= 4 is 33.1 Å². The van der Waals surface area contributed by atoms with Crippen molar-refractivity contribution in [3.8, 4) is 0 Å². The van der Waals surface area contributed by atoms with E-state index in [1.165, 1.54) is 46.2 Å². The number of nitrogens with zero attached hydrogens (tertiary/aromatic N) is 3. The van der Waals surface area contributed by atoms with Crippen LogP contribution in [0.3, 0.4) is 0 Å². The van der Waals surface area contributed by atoms with E-state index in [4.69, 9.17) is 5.10 Å². The molecule has 0 radical (unpaired) electrons. The van der Waals surface area contributed by atoms with Crippen LogP contribution in [-0.2, 0) is 19.3 Å². The lowest BCUT2D eigenvalue weighted by atomic mass is 9.97. The van der Waals surface area contributed by atoms with Crippen molar-refractivity contribution in [2.75, 3.05) is 5.43 Å². The second kappa shape index (κ2) is 5.92. The first-order valence-corrected chi connectivity index (χ1v) is 9.81. The smallest absolute Gasteiger partial charge is 0.159 e. The van der Waals surface area contributed by atoms with Gasteiger partial charge in [-0.2, -0.15) is 5.10 Å². The molecule has 1 aromatic carbocycles. The average Bonchev–Trinajstić information content (AvgIpc) is 3.20. The number of fused-ring (bicyclic) bond motifs is 4. The highest BCUT2D eigenvalue weighted by Crippen LogP contribution is 2.38. The molecule has 0 saturated carbocycles. The van der Waals surface area contributed by atoms with Crippen molar-refractivity contribution in [1.82, 2.24) is 9.97 Å². The molecule has 0 fully saturated rings. The monoisotopic (exact) mass is 348 g/mol. The number of hydrogen-bond donors (Lipinski definition) is 1. The van der Waals surface area contributed by atoms with Crippen molar-refractivity contribution in [1.29, 1.82) is 0 Å². The molecule has 2 heterocycles. The standard InChI is InChI=1S/C20H20N4S/c1-12-21-19(18-15-8-4-5-9-17(15)25-20(18)22-12)24-23-16-11-10-13-6-2-3-7-14(13)16/h2-3,6-7H,4-5,8-11H2,1H3,(H,21,22,24). The van der Waals surface area contributed by atoms with Gasteiger partial charge in [0.15, 0.2) is 5.82 Å². The van der Waals surface area contributed by atoms with Crippen LogP contribution in [0.1, 0.15) is 46.7 Å². The highest BCUT2D eigenvalue weighted by Gasteiger charge is 2.21. The lowest BCUT2D eigenvalue weighted by molar-refractivity contribution is 0.700. The molecule has 5 rings (SSSR count). The molecule has 2 aromatic heterocycles. The lowest BCUT2D eigenvalue weighted by Gasteiger charge is -2.12. The minimum atomic E-state index is 0.806. The Morgan fingerprint density at radius 1 is 1.04 bits per heavy atom. The van der Waals surface area contributed by atoms with Gasteiger partial charge in [0.05, 0.1) is 11.1 Å². The summed E-state index contributed by atoms with van der Waals surface area (Å²) < 4.78 is 0. The third kappa shape index (κ3) is 2.54. The molecule has 0 spiro atoms. The van der Waals surface area contributed by atoms with E-state index >= 15 is 0 Å². The highest BCUT2D eigenvalue weighted by atomic mass is 32.1. The number of hydrazone groups is 1. The van der Waals surface area contributed by atoms with Gasteiger partial charge < -0.3 is 0 Å². The summed E-state index contributed by atoms with van der Waals surface area (Å²) in [4.78, 5) is 11.9. The molecule has 0 amide bonds. The number of benzene rings is 1. The molecule has 0 bridgehead atoms. The van der Waals surface area contributed by atoms with Crippen LogP contribution in [0.2, 0.25) is 0 Å². The molecule has 1 N–H and O–H groups in total. The largest absolute Gasteiger partial charge is 0.260 e. The van der Waals surface area contributed by atoms with Gasteiger partial charge in [0.2, 0.25) is 0 Å². The van der Waals surface area contributed by atoms with Crippen molar-refractivity contribution in [3.63, 3.8) is 0 Å². The van der Waals surface area contributed by atoms with Crippen molar-refractivity contribution in [2.24, 2.45) is 5.10 Å². The third-order valence-corrected chi connectivity index (χ3v) is 6.37. The highest BCUT2D eigenvalue weighted by molar-refractivity contribution is 7.19. The van der Waals surface area contributed by atoms with Crippen LogP contribution in [0.4, 0.5) is 5.82 Å². The summed E-state index contributed by atoms with van der Waals surface area (Å²) in [5.41, 5.74) is 8.52. The normalized spacial score (nSPS) is 17.7. The zero-order valence-corrected chi connectivity index (χ0v) is 15.1. The second-order valence-corrected chi connectivity index (χ2v) is 7.92. The predicted octanol–water partition coefficient (Wildman–Crippen LogP) is 4.64. The summed E-state index contributed by atoms with van der Waals surface area (Å²) in [6.45, 7) is 1.96. The summed E-state index contributed by atoms with van der Waals surface area (Å²) in [6.07, 6.45) is 6.92. The first-order chi connectivity index (χ1) is 12.3. The van der Waals surface area contributed by atoms with E-state index < -0.39 is 0 Å². The SMILES string of the molecule is Cc1nc(NN=C2CCc3ccccc32)c2c3c(sc2n1)CCCC3. The Labute approximate surface area is 151 Å². The molecule has 5 heteroatoms. The summed E-state index contributed by atoms with van der Waals surface area (Å²) in [5, 5.41) is 5.93. The Morgan fingerprint density at radius 2 is 1.92 bits per heavy atom. The van der Waals surface area contributed by atoms with E-state index in [9.17, 15) is 0 Å². The van der Waals surface area contributed by atoms with Crippen LogP contribution in [-0.4, -0.2) is 15.7 Å². The second-order valence-electron chi connectivity index (χ2n) is 6.84. The van der Waals surface area contributed by atoms with Crippen LogP contribution in [0, 0.1) is 6.92 Å². The summed E-state index contributed by atoms with van der Waals surface area (Å²) >= 11 is 1.84. The molecule has 4 nitrogen and oxygen atoms in total. The van der Waals surface area contributed by atoms with E-state index in [0.29, 0.717) is 0 Å². The fourth-order valence-electron chi connectivity index (χ4n) is 3.99. The van der Waals surface area contributed by atoms with Gasteiger partial charge in [-0.15, -0.1) is 11.3 Å². The van der Waals surface area contributed by atoms with Gasteiger partial charge in [-0.1, -0.05) is 24.3 Å². The summed E-state index contributed by atoms with van der Waals surface area (Å²) in [7, 11) is 0. The van der Waals surface area contributed by atoms with Crippen molar-refractivity contribution < 1.29 is 0 Å². The maximum Gasteiger partial charge on any atom is 0.159 e. The van der Waals surface area contributed by atoms with Gasteiger partial charge in [-0.05, 0) is 56.6 Å². The number of hydrogen-bond acceptors (Lipinski definition) is 5. The molecule has 126 valence electrons. The number of aryl methyl sites for hydroxylation is 4. The van der Waals surface area contributed by atoms with E-state index in [1.807, 2.05) is 18.3 Å². The van der Waals surface area contributed by atoms with Crippen LogP contribution in [0.15, 0.2) is 29.4 Å². The zero-order chi connectivity index (χ0) is 16.8. The first-order valence-electron chi connectivity index (χ1n) is 8.99. The minimum Gasteiger partial charge on any atom is -0.260 e.